The lowest BCUT2D eigenvalue weighted by Gasteiger charge is -2.44. The van der Waals surface area contributed by atoms with Crippen molar-refractivity contribution >= 4 is 17.3 Å². The summed E-state index contributed by atoms with van der Waals surface area (Å²) in [6.07, 6.45) is 7.70. The van der Waals surface area contributed by atoms with E-state index in [9.17, 15) is 10.1 Å². The fourth-order valence-electron chi connectivity index (χ4n) is 4.00. The van der Waals surface area contributed by atoms with E-state index in [1.807, 2.05) is 0 Å². The molecule has 4 nitrogen and oxygen atoms in total. The number of halogens is 1. The molecule has 0 radical (unpaired) electrons. The van der Waals surface area contributed by atoms with E-state index < -0.39 is 0 Å². The van der Waals surface area contributed by atoms with Crippen molar-refractivity contribution in [2.75, 3.05) is 6.54 Å². The van der Waals surface area contributed by atoms with Crippen molar-refractivity contribution in [3.8, 4) is 0 Å². The number of nitro groups is 1. The summed E-state index contributed by atoms with van der Waals surface area (Å²) in [5.41, 5.74) is 0.941. The lowest BCUT2D eigenvalue weighted by Crippen LogP contribution is -2.46. The second-order valence-corrected chi connectivity index (χ2v) is 6.69. The highest BCUT2D eigenvalue weighted by atomic mass is 35.5. The van der Waals surface area contributed by atoms with Crippen molar-refractivity contribution in [1.82, 2.24) is 4.90 Å². The molecule has 2 atom stereocenters. The normalized spacial score (nSPS) is 26.3. The van der Waals surface area contributed by atoms with Gasteiger partial charge in [-0.1, -0.05) is 24.4 Å². The van der Waals surface area contributed by atoms with Crippen LogP contribution in [0.4, 0.5) is 5.69 Å². The number of benzene rings is 1. The van der Waals surface area contributed by atoms with Crippen LogP contribution >= 0.6 is 11.6 Å². The Balaban J connectivity index is 1.82. The van der Waals surface area contributed by atoms with E-state index in [1.165, 1.54) is 44.6 Å². The average molecular weight is 309 g/mol. The summed E-state index contributed by atoms with van der Waals surface area (Å²) in [7, 11) is 0. The summed E-state index contributed by atoms with van der Waals surface area (Å²) < 4.78 is 0. The lowest BCUT2D eigenvalue weighted by atomic mass is 9.78. The first-order valence-electron chi connectivity index (χ1n) is 7.82. The Kier molecular flexibility index (Phi) is 4.45. The maximum atomic E-state index is 11.2. The van der Waals surface area contributed by atoms with Crippen molar-refractivity contribution in [3.05, 3.63) is 38.9 Å². The minimum absolute atomic E-state index is 0.192. The summed E-state index contributed by atoms with van der Waals surface area (Å²) >= 11 is 6.04. The van der Waals surface area contributed by atoms with Crippen LogP contribution in [0.2, 0.25) is 5.02 Å². The molecule has 0 spiro atoms. The molecule has 114 valence electrons. The zero-order valence-electron chi connectivity index (χ0n) is 12.1. The van der Waals surface area contributed by atoms with E-state index in [1.54, 1.807) is 12.1 Å². The van der Waals surface area contributed by atoms with Crippen LogP contribution in [0.5, 0.6) is 0 Å². The Morgan fingerprint density at radius 1 is 1.24 bits per heavy atom. The Morgan fingerprint density at radius 2 is 2.00 bits per heavy atom. The van der Waals surface area contributed by atoms with E-state index in [4.69, 9.17) is 11.6 Å². The Morgan fingerprint density at radius 3 is 2.81 bits per heavy atom. The monoisotopic (exact) mass is 308 g/mol. The van der Waals surface area contributed by atoms with E-state index in [-0.39, 0.29) is 10.6 Å². The Bertz CT molecular complexity index is 533. The summed E-state index contributed by atoms with van der Waals surface area (Å²) in [6.45, 7) is 1.70. The third kappa shape index (κ3) is 3.22. The van der Waals surface area contributed by atoms with Crippen molar-refractivity contribution in [2.45, 2.75) is 51.1 Å². The fraction of sp³-hybridized carbons (Fsp3) is 0.625. The second kappa shape index (κ2) is 6.32. The minimum Gasteiger partial charge on any atom is -0.296 e. The fourth-order valence-corrected chi connectivity index (χ4v) is 4.20. The zero-order valence-corrected chi connectivity index (χ0v) is 12.9. The number of nitrogens with zero attached hydrogens (tertiary/aromatic N) is 2. The Labute approximate surface area is 130 Å². The Hall–Kier alpha value is -1.13. The van der Waals surface area contributed by atoms with Gasteiger partial charge in [0.15, 0.2) is 0 Å². The number of piperidine rings is 1. The molecule has 1 aromatic carbocycles. The molecule has 2 aliphatic rings. The SMILES string of the molecule is O=[N+]([O-])c1ccc(Cl)cc1CN1CCC[C@@H]2CCCC[C@H]21. The van der Waals surface area contributed by atoms with Gasteiger partial charge in [-0.25, -0.2) is 0 Å². The molecule has 1 saturated carbocycles. The van der Waals surface area contributed by atoms with Crippen LogP contribution in [0.15, 0.2) is 18.2 Å². The van der Waals surface area contributed by atoms with Crippen LogP contribution in [-0.2, 0) is 6.54 Å². The van der Waals surface area contributed by atoms with E-state index in [0.717, 1.165) is 18.0 Å². The van der Waals surface area contributed by atoms with Crippen LogP contribution in [0.25, 0.3) is 0 Å². The molecule has 21 heavy (non-hydrogen) atoms. The van der Waals surface area contributed by atoms with E-state index in [0.29, 0.717) is 17.6 Å². The van der Waals surface area contributed by atoms with Gasteiger partial charge in [0, 0.05) is 29.2 Å². The van der Waals surface area contributed by atoms with Crippen LogP contribution in [0.1, 0.15) is 44.1 Å². The molecule has 0 bridgehead atoms. The first kappa shape index (κ1) is 14.8. The van der Waals surface area contributed by atoms with Crippen molar-refractivity contribution in [1.29, 1.82) is 0 Å². The zero-order chi connectivity index (χ0) is 14.8. The first-order valence-corrected chi connectivity index (χ1v) is 8.20. The van der Waals surface area contributed by atoms with Gasteiger partial charge in [-0.3, -0.25) is 15.0 Å². The van der Waals surface area contributed by atoms with Gasteiger partial charge in [0.25, 0.3) is 5.69 Å². The summed E-state index contributed by atoms with van der Waals surface area (Å²) in [5, 5.41) is 11.8. The molecule has 1 heterocycles. The molecule has 0 aromatic heterocycles. The van der Waals surface area contributed by atoms with E-state index >= 15 is 0 Å². The molecule has 0 unspecified atom stereocenters. The number of rotatable bonds is 3. The van der Waals surface area contributed by atoms with Crippen molar-refractivity contribution in [2.24, 2.45) is 5.92 Å². The molecule has 1 aliphatic heterocycles. The number of fused-ring (bicyclic) bond motifs is 1. The van der Waals surface area contributed by atoms with Crippen LogP contribution in [0.3, 0.4) is 0 Å². The molecule has 1 saturated heterocycles. The number of likely N-dealkylation sites (tertiary alicyclic amines) is 1. The van der Waals surface area contributed by atoms with Crippen molar-refractivity contribution in [3.63, 3.8) is 0 Å². The molecule has 1 aliphatic carbocycles. The average Bonchev–Trinajstić information content (AvgIpc) is 2.47. The minimum atomic E-state index is -0.298. The molecule has 0 amide bonds. The van der Waals surface area contributed by atoms with Gasteiger partial charge in [0.2, 0.25) is 0 Å². The maximum absolute atomic E-state index is 11.2. The molecule has 2 fully saturated rings. The van der Waals surface area contributed by atoms with Crippen LogP contribution < -0.4 is 0 Å². The summed E-state index contributed by atoms with van der Waals surface area (Å²) in [6, 6.07) is 5.49. The highest BCUT2D eigenvalue weighted by molar-refractivity contribution is 6.30. The van der Waals surface area contributed by atoms with Gasteiger partial charge in [-0.05, 0) is 50.3 Å². The van der Waals surface area contributed by atoms with Gasteiger partial charge in [-0.15, -0.1) is 0 Å². The molecular weight excluding hydrogens is 288 g/mol. The molecule has 1 aromatic rings. The highest BCUT2D eigenvalue weighted by Gasteiger charge is 2.33. The van der Waals surface area contributed by atoms with Gasteiger partial charge in [-0.2, -0.15) is 0 Å². The number of hydrogen-bond donors (Lipinski definition) is 0. The number of nitro benzene ring substituents is 1. The molecule has 0 N–H and O–H groups in total. The molecule has 5 heteroatoms. The standard InChI is InChI=1S/C16H21ClN2O2/c17-14-7-8-16(19(20)21)13(10-14)11-18-9-3-5-12-4-1-2-6-15(12)18/h7-8,10,12,15H,1-6,9,11H2/t12-,15+/m0/s1. The van der Waals surface area contributed by atoms with Gasteiger partial charge in [0.1, 0.15) is 0 Å². The third-order valence-corrected chi connectivity index (χ3v) is 5.20. The maximum Gasteiger partial charge on any atom is 0.273 e. The summed E-state index contributed by atoms with van der Waals surface area (Å²) in [4.78, 5) is 13.4. The third-order valence-electron chi connectivity index (χ3n) is 4.97. The molecular formula is C16H21ClN2O2. The predicted octanol–water partition coefficient (Wildman–Crippen LogP) is 4.40. The van der Waals surface area contributed by atoms with Crippen LogP contribution in [-0.4, -0.2) is 22.4 Å². The van der Waals surface area contributed by atoms with E-state index in [2.05, 4.69) is 4.90 Å². The quantitative estimate of drug-likeness (QED) is 0.614. The van der Waals surface area contributed by atoms with Gasteiger partial charge in [0.05, 0.1) is 4.92 Å². The predicted molar refractivity (Wildman–Crippen MR) is 83.5 cm³/mol. The molecule has 3 rings (SSSR count). The smallest absolute Gasteiger partial charge is 0.273 e. The topological polar surface area (TPSA) is 46.4 Å². The van der Waals surface area contributed by atoms with Crippen molar-refractivity contribution < 1.29 is 4.92 Å². The van der Waals surface area contributed by atoms with Gasteiger partial charge < -0.3 is 0 Å². The lowest BCUT2D eigenvalue weighted by molar-refractivity contribution is -0.385. The highest BCUT2D eigenvalue weighted by Crippen LogP contribution is 2.37. The largest absolute Gasteiger partial charge is 0.296 e. The summed E-state index contributed by atoms with van der Waals surface area (Å²) in [5.74, 6) is 0.783. The number of hydrogen-bond acceptors (Lipinski definition) is 3. The first-order chi connectivity index (χ1) is 10.1. The van der Waals surface area contributed by atoms with Crippen LogP contribution in [0, 0.1) is 16.0 Å². The van der Waals surface area contributed by atoms with Gasteiger partial charge >= 0.3 is 0 Å². The second-order valence-electron chi connectivity index (χ2n) is 6.25.